The highest BCUT2D eigenvalue weighted by molar-refractivity contribution is 8.00. The summed E-state index contributed by atoms with van der Waals surface area (Å²) in [6, 6.07) is 8.64. The molecule has 1 aromatic carbocycles. The molecule has 1 amide bonds. The molecular weight excluding hydrogens is 344 g/mol. The van der Waals surface area contributed by atoms with Gasteiger partial charge in [-0.25, -0.2) is 13.1 Å². The highest BCUT2D eigenvalue weighted by atomic mass is 35.5. The normalized spacial score (nSPS) is 11.2. The van der Waals surface area contributed by atoms with Crippen molar-refractivity contribution in [1.29, 1.82) is 0 Å². The maximum Gasteiger partial charge on any atom is 0.266 e. The smallest absolute Gasteiger partial charge is 0.266 e. The first-order valence-electron chi connectivity index (χ1n) is 6.35. The quantitative estimate of drug-likeness (QED) is 0.890. The topological polar surface area (TPSA) is 76.1 Å². The minimum Gasteiger partial charge on any atom is -0.274 e. The van der Waals surface area contributed by atoms with E-state index >= 15 is 0 Å². The number of halogens is 1. The summed E-state index contributed by atoms with van der Waals surface area (Å²) in [4.78, 5) is 16.4. The van der Waals surface area contributed by atoms with Gasteiger partial charge in [-0.3, -0.25) is 9.78 Å². The van der Waals surface area contributed by atoms with Gasteiger partial charge in [0.25, 0.3) is 10.0 Å². The minimum absolute atomic E-state index is 0.0400. The van der Waals surface area contributed by atoms with Gasteiger partial charge >= 0.3 is 0 Å². The fraction of sp³-hybridized carbons (Fsp3) is 0.143. The van der Waals surface area contributed by atoms with Crippen LogP contribution < -0.4 is 4.72 Å². The first-order valence-corrected chi connectivity index (χ1v) is 9.03. The Labute approximate surface area is 138 Å². The SMILES string of the molecule is CCC(=O)NS(=O)(=O)c1cnccc1Sc1cccc(Cl)c1. The highest BCUT2D eigenvalue weighted by Gasteiger charge is 2.21. The van der Waals surface area contributed by atoms with E-state index in [4.69, 9.17) is 11.6 Å². The molecule has 1 N–H and O–H groups in total. The molecule has 0 aliphatic carbocycles. The van der Waals surface area contributed by atoms with Crippen LogP contribution in [0.25, 0.3) is 0 Å². The van der Waals surface area contributed by atoms with Gasteiger partial charge in [0.15, 0.2) is 0 Å². The highest BCUT2D eigenvalue weighted by Crippen LogP contribution is 2.33. The van der Waals surface area contributed by atoms with Gasteiger partial charge in [0.05, 0.1) is 0 Å². The van der Waals surface area contributed by atoms with E-state index in [1.807, 2.05) is 10.8 Å². The van der Waals surface area contributed by atoms with Gasteiger partial charge in [0, 0.05) is 33.6 Å². The molecule has 0 unspecified atom stereocenters. The number of hydrogen-bond acceptors (Lipinski definition) is 5. The Bertz CT molecular complexity index is 794. The standard InChI is InChI=1S/C14H13ClN2O3S2/c1-2-14(18)17-22(19,20)13-9-16-7-6-12(13)21-11-5-3-4-10(15)8-11/h3-9H,2H2,1H3,(H,17,18). The molecule has 1 aromatic heterocycles. The van der Waals surface area contributed by atoms with Crippen LogP contribution in [0, 0.1) is 0 Å². The Hall–Kier alpha value is -1.57. The van der Waals surface area contributed by atoms with E-state index in [-0.39, 0.29) is 11.3 Å². The Morgan fingerprint density at radius 1 is 1.36 bits per heavy atom. The molecule has 22 heavy (non-hydrogen) atoms. The lowest BCUT2D eigenvalue weighted by Crippen LogP contribution is -2.30. The summed E-state index contributed by atoms with van der Waals surface area (Å²) >= 11 is 7.16. The molecule has 0 radical (unpaired) electrons. The van der Waals surface area contributed by atoms with Crippen molar-refractivity contribution in [3.63, 3.8) is 0 Å². The molecule has 0 saturated carbocycles. The average Bonchev–Trinajstić information content (AvgIpc) is 2.47. The van der Waals surface area contributed by atoms with Crippen LogP contribution in [0.4, 0.5) is 0 Å². The molecule has 5 nitrogen and oxygen atoms in total. The van der Waals surface area contributed by atoms with Crippen LogP contribution in [-0.4, -0.2) is 19.3 Å². The molecule has 0 atom stereocenters. The summed E-state index contributed by atoms with van der Waals surface area (Å²) in [6.07, 6.45) is 2.79. The number of pyridine rings is 1. The van der Waals surface area contributed by atoms with Gasteiger partial charge in [0.2, 0.25) is 5.91 Å². The predicted octanol–water partition coefficient (Wildman–Crippen LogP) is 3.10. The number of aromatic nitrogens is 1. The van der Waals surface area contributed by atoms with E-state index in [1.54, 1.807) is 31.2 Å². The Balaban J connectivity index is 2.36. The molecule has 0 fully saturated rings. The lowest BCUT2D eigenvalue weighted by Gasteiger charge is -2.10. The minimum atomic E-state index is -3.95. The van der Waals surface area contributed by atoms with Crippen molar-refractivity contribution < 1.29 is 13.2 Å². The summed E-state index contributed by atoms with van der Waals surface area (Å²) in [6.45, 7) is 1.58. The van der Waals surface area contributed by atoms with E-state index in [1.165, 1.54) is 24.2 Å². The summed E-state index contributed by atoms with van der Waals surface area (Å²) in [7, 11) is -3.95. The van der Waals surface area contributed by atoms with Crippen LogP contribution in [0.5, 0.6) is 0 Å². The Morgan fingerprint density at radius 3 is 2.82 bits per heavy atom. The van der Waals surface area contributed by atoms with Crippen molar-refractivity contribution in [3.8, 4) is 0 Å². The number of carbonyl (C=O) groups excluding carboxylic acids is 1. The molecule has 0 aliphatic rings. The second kappa shape index (κ2) is 7.13. The Morgan fingerprint density at radius 2 is 2.14 bits per heavy atom. The maximum atomic E-state index is 12.3. The molecular formula is C14H13ClN2O3S2. The van der Waals surface area contributed by atoms with Crippen molar-refractivity contribution in [1.82, 2.24) is 9.71 Å². The number of nitrogens with one attached hydrogen (secondary N) is 1. The number of hydrogen-bond donors (Lipinski definition) is 1. The van der Waals surface area contributed by atoms with Crippen molar-refractivity contribution in [3.05, 3.63) is 47.7 Å². The second-order valence-electron chi connectivity index (χ2n) is 4.26. The van der Waals surface area contributed by atoms with E-state index in [0.29, 0.717) is 9.92 Å². The maximum absolute atomic E-state index is 12.3. The summed E-state index contributed by atoms with van der Waals surface area (Å²) < 4.78 is 26.5. The van der Waals surface area contributed by atoms with Crippen molar-refractivity contribution in [2.24, 2.45) is 0 Å². The molecule has 0 bridgehead atoms. The van der Waals surface area contributed by atoms with E-state index < -0.39 is 15.9 Å². The van der Waals surface area contributed by atoms with Crippen molar-refractivity contribution in [2.45, 2.75) is 28.0 Å². The zero-order chi connectivity index (χ0) is 16.2. The third-order valence-electron chi connectivity index (χ3n) is 2.63. The molecule has 0 saturated heterocycles. The first kappa shape index (κ1) is 16.8. The molecule has 2 rings (SSSR count). The number of nitrogens with zero attached hydrogens (tertiary/aromatic N) is 1. The summed E-state index contributed by atoms with van der Waals surface area (Å²) in [5.41, 5.74) is 0. The molecule has 0 spiro atoms. The van der Waals surface area contributed by atoms with Crippen molar-refractivity contribution >= 4 is 39.3 Å². The summed E-state index contributed by atoms with van der Waals surface area (Å²) in [5.74, 6) is -0.567. The predicted molar refractivity (Wildman–Crippen MR) is 85.4 cm³/mol. The van der Waals surface area contributed by atoms with E-state index in [2.05, 4.69) is 4.98 Å². The average molecular weight is 357 g/mol. The fourth-order valence-electron chi connectivity index (χ4n) is 1.59. The Kier molecular flexibility index (Phi) is 5.44. The summed E-state index contributed by atoms with van der Waals surface area (Å²) in [5, 5.41) is 0.558. The van der Waals surface area contributed by atoms with Gasteiger partial charge in [-0.2, -0.15) is 0 Å². The largest absolute Gasteiger partial charge is 0.274 e. The number of rotatable bonds is 5. The lowest BCUT2D eigenvalue weighted by molar-refractivity contribution is -0.119. The van der Waals surface area contributed by atoms with Crippen LogP contribution in [0.3, 0.4) is 0 Å². The third-order valence-corrected chi connectivity index (χ3v) is 5.46. The zero-order valence-electron chi connectivity index (χ0n) is 11.6. The number of amides is 1. The van der Waals surface area contributed by atoms with Crippen LogP contribution in [0.2, 0.25) is 5.02 Å². The zero-order valence-corrected chi connectivity index (χ0v) is 14.0. The van der Waals surface area contributed by atoms with Crippen LogP contribution in [0.1, 0.15) is 13.3 Å². The van der Waals surface area contributed by atoms with Gasteiger partial charge in [-0.1, -0.05) is 36.4 Å². The fourth-order valence-corrected chi connectivity index (χ4v) is 4.25. The molecule has 0 aliphatic heterocycles. The van der Waals surface area contributed by atoms with E-state index in [9.17, 15) is 13.2 Å². The molecule has 8 heteroatoms. The number of benzene rings is 1. The van der Waals surface area contributed by atoms with Crippen LogP contribution >= 0.6 is 23.4 Å². The van der Waals surface area contributed by atoms with Crippen molar-refractivity contribution in [2.75, 3.05) is 0 Å². The third kappa shape index (κ3) is 4.22. The van der Waals surface area contributed by atoms with Gasteiger partial charge in [-0.15, -0.1) is 0 Å². The van der Waals surface area contributed by atoms with E-state index in [0.717, 1.165) is 4.90 Å². The number of sulfonamides is 1. The number of carbonyl (C=O) groups is 1. The lowest BCUT2D eigenvalue weighted by atomic mass is 10.4. The van der Waals surface area contributed by atoms with Gasteiger partial charge in [-0.05, 0) is 24.3 Å². The van der Waals surface area contributed by atoms with Crippen LogP contribution in [-0.2, 0) is 14.8 Å². The van der Waals surface area contributed by atoms with Crippen LogP contribution in [0.15, 0.2) is 57.4 Å². The first-order chi connectivity index (χ1) is 10.4. The monoisotopic (exact) mass is 356 g/mol. The molecule has 2 aromatic rings. The second-order valence-corrected chi connectivity index (χ2v) is 7.47. The molecule has 116 valence electrons. The van der Waals surface area contributed by atoms with Gasteiger partial charge < -0.3 is 0 Å². The van der Waals surface area contributed by atoms with Gasteiger partial charge in [0.1, 0.15) is 4.90 Å². The molecule has 1 heterocycles.